The molecule has 0 aliphatic rings. The van der Waals surface area contributed by atoms with Crippen LogP contribution in [0, 0.1) is 0 Å². The quantitative estimate of drug-likeness (QED) is 0.487. The fourth-order valence-electron chi connectivity index (χ4n) is 0. The summed E-state index contributed by atoms with van der Waals surface area (Å²) >= 11 is 0. The third-order valence-electron chi connectivity index (χ3n) is 0. The van der Waals surface area contributed by atoms with Gasteiger partial charge in [0.2, 0.25) is 0 Å². The predicted octanol–water partition coefficient (Wildman–Crippen LogP) is -0.200. The van der Waals surface area contributed by atoms with E-state index in [1.165, 1.54) is 0 Å². The Morgan fingerprint density at radius 3 is 0.500 bits per heavy atom. The van der Waals surface area contributed by atoms with Crippen molar-refractivity contribution in [2.45, 2.75) is 0 Å². The third kappa shape index (κ3) is 28.1. The van der Waals surface area contributed by atoms with Gasteiger partial charge in [-0.15, -0.1) is 0 Å². The van der Waals surface area contributed by atoms with Crippen molar-refractivity contribution in [3.63, 3.8) is 0 Å². The first kappa shape index (κ1) is 64.3. The Morgan fingerprint density at radius 2 is 0.500 bits per heavy atom. The van der Waals surface area contributed by atoms with Crippen LogP contribution < -0.4 is 0 Å². The van der Waals surface area contributed by atoms with Crippen LogP contribution in [0.2, 0.25) is 0 Å². The van der Waals surface area contributed by atoms with Crippen LogP contribution in [0.25, 0.3) is 0 Å². The normalized spacial score (nSPS) is 0. The molecule has 0 aliphatic carbocycles. The van der Waals surface area contributed by atoms with Crippen molar-refractivity contribution in [2.75, 3.05) is 0 Å². The summed E-state index contributed by atoms with van der Waals surface area (Å²) in [6.07, 6.45) is 0. The van der Waals surface area contributed by atoms with Crippen molar-refractivity contribution in [2.24, 2.45) is 0 Å². The van der Waals surface area contributed by atoms with E-state index in [4.69, 9.17) is 0 Å². The van der Waals surface area contributed by atoms with Gasteiger partial charge in [0.25, 0.3) is 0 Å². The first-order valence-corrected chi connectivity index (χ1v) is 0. The minimum atomic E-state index is 0. The van der Waals surface area contributed by atoms with E-state index in [0.717, 1.165) is 0 Å². The molecule has 0 saturated carbocycles. The van der Waals surface area contributed by atoms with E-state index in [1.54, 1.807) is 0 Å². The zero-order valence-corrected chi connectivity index (χ0v) is 7.84. The summed E-state index contributed by atoms with van der Waals surface area (Å²) in [5, 5.41) is 0. The molecule has 0 unspecified atom stereocenters. The van der Waals surface area contributed by atoms with Gasteiger partial charge < -0.3 is 0 Å². The van der Waals surface area contributed by atoms with Gasteiger partial charge in [-0.25, -0.2) is 0 Å². The van der Waals surface area contributed by atoms with Gasteiger partial charge in [0.05, 0.1) is 0 Å². The van der Waals surface area contributed by atoms with Gasteiger partial charge in [0.1, 0.15) is 0 Å². The summed E-state index contributed by atoms with van der Waals surface area (Å²) in [5.41, 5.74) is 0. The molecule has 0 rings (SSSR count). The second-order valence-electron chi connectivity index (χ2n) is 0. The molecule has 39 valence electrons. The molecule has 0 aromatic carbocycles. The van der Waals surface area contributed by atoms with E-state index in [1.807, 2.05) is 0 Å². The third-order valence-corrected chi connectivity index (χ3v) is 0. The molecule has 0 atom stereocenters. The first-order valence-electron chi connectivity index (χ1n) is 0. The van der Waals surface area contributed by atoms with E-state index in [2.05, 4.69) is 0 Å². The second-order valence-corrected chi connectivity index (χ2v) is 0. The van der Waals surface area contributed by atoms with E-state index in [9.17, 15) is 0 Å². The zero-order valence-electron chi connectivity index (χ0n) is 2.45. The van der Waals surface area contributed by atoms with Gasteiger partial charge in [-0.3, -0.25) is 0 Å². The van der Waals surface area contributed by atoms with E-state index < -0.39 is 0 Å². The molecule has 0 heterocycles. The topological polar surface area (TPSA) is 0 Å². The summed E-state index contributed by atoms with van der Waals surface area (Å²) < 4.78 is 0. The fraction of sp³-hybridized carbons (Fsp3) is 0. The Bertz CT molecular complexity index is 7.51. The largest absolute Gasteiger partial charge is 0 e. The molecule has 6 heavy (non-hydrogen) atoms. The van der Waals surface area contributed by atoms with Crippen LogP contribution in [-0.4, -0.2) is 29.6 Å². The molecular formula is H9NaS4V. The van der Waals surface area contributed by atoms with E-state index in [0.29, 0.717) is 0 Å². The molecule has 0 amide bonds. The van der Waals surface area contributed by atoms with Gasteiger partial charge in [0.15, 0.2) is 0 Å². The smallest absolute Gasteiger partial charge is 0 e. The first-order chi connectivity index (χ1) is 0. The Hall–Kier alpha value is 2.98. The Kier molecular flexibility index (Phi) is 469. The van der Waals surface area contributed by atoms with E-state index in [-0.39, 0.29) is 102 Å². The van der Waals surface area contributed by atoms with Crippen molar-refractivity contribution >= 4 is 83.5 Å². The van der Waals surface area contributed by atoms with Crippen molar-refractivity contribution in [3.8, 4) is 0 Å². The van der Waals surface area contributed by atoms with Crippen LogP contribution in [0.4, 0.5) is 0 Å². The fourth-order valence-corrected chi connectivity index (χ4v) is 0. The standard InChI is InChI=1S/Na.4H2S.V.H/h;4*1H2;;. The molecule has 0 N–H and O–H groups in total. The van der Waals surface area contributed by atoms with Crippen LogP contribution in [0.15, 0.2) is 0 Å². The van der Waals surface area contributed by atoms with Gasteiger partial charge in [0, 0.05) is 18.6 Å². The molecule has 0 fully saturated rings. The molecule has 0 spiro atoms. The van der Waals surface area contributed by atoms with Crippen LogP contribution in [0.3, 0.4) is 0 Å². The van der Waals surface area contributed by atoms with Gasteiger partial charge in [-0.05, 0) is 0 Å². The number of hydrogen-bond acceptors (Lipinski definition) is 0. The second kappa shape index (κ2) is 43.7. The minimum absolute atomic E-state index is 0. The molecule has 0 saturated heterocycles. The monoisotopic (exact) mass is 211 g/mol. The van der Waals surface area contributed by atoms with Crippen molar-refractivity contribution < 1.29 is 18.6 Å². The number of hydrogen-bond donors (Lipinski definition) is 0. The summed E-state index contributed by atoms with van der Waals surface area (Å²) in [5.74, 6) is 0. The molecule has 0 aliphatic heterocycles. The molecule has 0 aromatic heterocycles. The van der Waals surface area contributed by atoms with Crippen LogP contribution in [0.1, 0.15) is 0 Å². The molecule has 0 bridgehead atoms. The van der Waals surface area contributed by atoms with Crippen LogP contribution >= 0.6 is 54.0 Å². The molecule has 6 heteroatoms. The zero-order chi connectivity index (χ0) is 0. The summed E-state index contributed by atoms with van der Waals surface area (Å²) in [6.45, 7) is 0. The number of rotatable bonds is 0. The van der Waals surface area contributed by atoms with Gasteiger partial charge >= 0.3 is 29.6 Å². The summed E-state index contributed by atoms with van der Waals surface area (Å²) in [6, 6.07) is 0. The Balaban J connectivity index is 0. The maximum atomic E-state index is 0. The average molecular weight is 211 g/mol. The summed E-state index contributed by atoms with van der Waals surface area (Å²) in [4.78, 5) is 0. The summed E-state index contributed by atoms with van der Waals surface area (Å²) in [7, 11) is 0. The Morgan fingerprint density at radius 1 is 0.500 bits per heavy atom. The maximum absolute atomic E-state index is 0. The predicted molar refractivity (Wildman–Crippen MR) is 48.7 cm³/mol. The van der Waals surface area contributed by atoms with Crippen molar-refractivity contribution in [1.29, 1.82) is 0 Å². The Labute approximate surface area is 101 Å². The van der Waals surface area contributed by atoms with Crippen LogP contribution in [0.5, 0.6) is 0 Å². The molecular weight excluding hydrogens is 202 g/mol. The molecule has 0 nitrogen and oxygen atoms in total. The average Bonchev–Trinajstić information content (AvgIpc) is 0. The molecule has 0 aromatic rings. The van der Waals surface area contributed by atoms with Crippen molar-refractivity contribution in [3.05, 3.63) is 0 Å². The van der Waals surface area contributed by atoms with Crippen LogP contribution in [-0.2, 0) is 18.6 Å². The van der Waals surface area contributed by atoms with E-state index >= 15 is 0 Å². The maximum Gasteiger partial charge on any atom is 0 e. The molecule has 1 radical (unpaired) electrons. The van der Waals surface area contributed by atoms with Crippen molar-refractivity contribution in [1.82, 2.24) is 0 Å². The minimum Gasteiger partial charge on any atom is 0 e. The SMILES string of the molecule is S.S.S.S.[NaH].[V]. The van der Waals surface area contributed by atoms with Gasteiger partial charge in [-0.1, -0.05) is 0 Å². The van der Waals surface area contributed by atoms with Gasteiger partial charge in [-0.2, -0.15) is 54.0 Å².